The first-order valence-electron chi connectivity index (χ1n) is 13.4. The third-order valence-corrected chi connectivity index (χ3v) is 7.97. The van der Waals surface area contributed by atoms with Gasteiger partial charge in [-0.1, -0.05) is 85.8 Å². The van der Waals surface area contributed by atoms with Crippen molar-refractivity contribution in [2.45, 2.75) is 32.7 Å². The van der Waals surface area contributed by atoms with Gasteiger partial charge in [0.15, 0.2) is 10.6 Å². The predicted molar refractivity (Wildman–Crippen MR) is 161 cm³/mol. The van der Waals surface area contributed by atoms with Gasteiger partial charge in [-0.05, 0) is 41.7 Å². The summed E-state index contributed by atoms with van der Waals surface area (Å²) in [7, 11) is 1.36. The first-order chi connectivity index (χ1) is 20.2. The van der Waals surface area contributed by atoms with Crippen LogP contribution in [0.25, 0.3) is 11.8 Å². The van der Waals surface area contributed by atoms with Crippen LogP contribution in [0, 0.1) is 10.1 Å². The average Bonchev–Trinajstić information content (AvgIpc) is 3.30. The number of benzene rings is 3. The van der Waals surface area contributed by atoms with Gasteiger partial charge in [0.1, 0.15) is 0 Å². The number of fused-ring (bicyclic) bond motifs is 1. The molecule has 0 spiro atoms. The average molecular weight is 584 g/mol. The van der Waals surface area contributed by atoms with Gasteiger partial charge in [-0.15, -0.1) is 0 Å². The first-order valence-corrected chi connectivity index (χ1v) is 14.3. The number of hydrogen-bond acceptors (Lipinski definition) is 8. The van der Waals surface area contributed by atoms with Gasteiger partial charge in [0.25, 0.3) is 5.56 Å². The van der Waals surface area contributed by atoms with Crippen molar-refractivity contribution in [1.29, 1.82) is 0 Å². The van der Waals surface area contributed by atoms with Crippen LogP contribution in [0.4, 0.5) is 5.69 Å². The van der Waals surface area contributed by atoms with Crippen LogP contribution < -0.4 is 19.6 Å². The Balaban J connectivity index is 1.79. The van der Waals surface area contributed by atoms with Crippen LogP contribution in [0.2, 0.25) is 0 Å². The normalized spacial score (nSPS) is 14.9. The van der Waals surface area contributed by atoms with Crippen molar-refractivity contribution in [2.24, 2.45) is 4.99 Å². The number of hydrogen-bond donors (Lipinski definition) is 0. The lowest BCUT2D eigenvalue weighted by atomic mass is 9.91. The van der Waals surface area contributed by atoms with Crippen LogP contribution in [0.3, 0.4) is 0 Å². The van der Waals surface area contributed by atoms with E-state index in [0.717, 1.165) is 22.5 Å². The highest BCUT2D eigenvalue weighted by molar-refractivity contribution is 7.07. The standard InChI is InChI=1S/C32H29N3O6S/c1-5-41-31(37)27-28(22-9-7-6-8-10-22)33-32-34(29(27)23-14-12-21(13-15-23)19(2)3)30(36)26(42-32)18-20-11-16-25(40-4)24(17-20)35(38)39/h6-19,29H,5H2,1-4H3/b26-18-/t29-/m1/s1. The highest BCUT2D eigenvalue weighted by atomic mass is 32.1. The van der Waals surface area contributed by atoms with Gasteiger partial charge in [0.2, 0.25) is 0 Å². The Morgan fingerprint density at radius 1 is 1.12 bits per heavy atom. The van der Waals surface area contributed by atoms with Crippen LogP contribution in [0.15, 0.2) is 88.2 Å². The van der Waals surface area contributed by atoms with E-state index in [1.54, 1.807) is 19.1 Å². The Morgan fingerprint density at radius 2 is 1.83 bits per heavy atom. The SMILES string of the molecule is CCOC(=O)C1=C(c2ccccc2)N=c2s/c(=C\c3ccc(OC)c([N+](=O)[O-])c3)c(=O)n2[C@@H]1c1ccc(C(C)C)cc1. The number of esters is 1. The summed E-state index contributed by atoms with van der Waals surface area (Å²) in [5.41, 5.74) is 3.14. The number of nitro benzene ring substituents is 1. The minimum absolute atomic E-state index is 0.120. The van der Waals surface area contributed by atoms with Crippen molar-refractivity contribution < 1.29 is 19.2 Å². The zero-order chi connectivity index (χ0) is 30.0. The molecule has 1 aromatic heterocycles. The van der Waals surface area contributed by atoms with Crippen molar-refractivity contribution in [3.8, 4) is 5.75 Å². The maximum Gasteiger partial charge on any atom is 0.338 e. The summed E-state index contributed by atoms with van der Waals surface area (Å²) in [6.45, 7) is 6.08. The molecular formula is C32H29N3O6S. The fraction of sp³-hybridized carbons (Fsp3) is 0.219. The summed E-state index contributed by atoms with van der Waals surface area (Å²) in [6.07, 6.45) is 1.59. The second-order valence-corrected chi connectivity index (χ2v) is 11.0. The number of aromatic nitrogens is 1. The van der Waals surface area contributed by atoms with Crippen LogP contribution in [0.5, 0.6) is 5.75 Å². The second kappa shape index (κ2) is 12.0. The van der Waals surface area contributed by atoms with Gasteiger partial charge in [-0.2, -0.15) is 0 Å². The Morgan fingerprint density at radius 3 is 2.45 bits per heavy atom. The fourth-order valence-electron chi connectivity index (χ4n) is 4.91. The van der Waals surface area contributed by atoms with E-state index in [4.69, 9.17) is 14.5 Å². The molecule has 0 saturated heterocycles. The molecule has 0 N–H and O–H groups in total. The van der Waals surface area contributed by atoms with E-state index in [2.05, 4.69) is 13.8 Å². The van der Waals surface area contributed by atoms with Gasteiger partial charge < -0.3 is 9.47 Å². The summed E-state index contributed by atoms with van der Waals surface area (Å²) < 4.78 is 12.4. The Hall–Kier alpha value is -4.83. The maximum absolute atomic E-state index is 14.0. The predicted octanol–water partition coefficient (Wildman–Crippen LogP) is 4.98. The number of thiazole rings is 1. The molecular weight excluding hydrogens is 554 g/mol. The lowest BCUT2D eigenvalue weighted by Gasteiger charge is -2.26. The summed E-state index contributed by atoms with van der Waals surface area (Å²) in [5, 5.41) is 11.6. The molecule has 9 nitrogen and oxygen atoms in total. The van der Waals surface area contributed by atoms with Gasteiger partial charge in [0, 0.05) is 11.6 Å². The highest BCUT2D eigenvalue weighted by Gasteiger charge is 2.35. The number of nitrogens with zero attached hydrogens (tertiary/aromatic N) is 3. The Labute approximate surface area is 245 Å². The van der Waals surface area contributed by atoms with Crippen LogP contribution in [0.1, 0.15) is 55.0 Å². The molecule has 0 radical (unpaired) electrons. The molecule has 0 unspecified atom stereocenters. The molecule has 1 aliphatic rings. The molecule has 0 fully saturated rings. The molecule has 0 amide bonds. The number of nitro groups is 1. The summed E-state index contributed by atoms with van der Waals surface area (Å²) >= 11 is 1.15. The number of methoxy groups -OCH3 is 1. The largest absolute Gasteiger partial charge is 0.490 e. The molecule has 1 atom stereocenters. The summed E-state index contributed by atoms with van der Waals surface area (Å²) in [6, 6.07) is 20.9. The molecule has 214 valence electrons. The van der Waals surface area contributed by atoms with Crippen LogP contribution in [-0.4, -0.2) is 29.2 Å². The van der Waals surface area contributed by atoms with Crippen molar-refractivity contribution in [3.05, 3.63) is 130 Å². The van der Waals surface area contributed by atoms with Gasteiger partial charge in [0.05, 0.1) is 40.5 Å². The number of rotatable bonds is 8. The van der Waals surface area contributed by atoms with Gasteiger partial charge >= 0.3 is 11.7 Å². The van der Waals surface area contributed by atoms with E-state index in [-0.39, 0.29) is 29.2 Å². The van der Waals surface area contributed by atoms with Crippen LogP contribution >= 0.6 is 11.3 Å². The minimum atomic E-state index is -0.802. The highest BCUT2D eigenvalue weighted by Crippen LogP contribution is 2.35. The van der Waals surface area contributed by atoms with E-state index in [0.29, 0.717) is 32.1 Å². The van der Waals surface area contributed by atoms with Crippen molar-refractivity contribution in [3.63, 3.8) is 0 Å². The zero-order valence-corrected chi connectivity index (χ0v) is 24.4. The molecule has 10 heteroatoms. The van der Waals surface area contributed by atoms with E-state index in [1.807, 2.05) is 54.6 Å². The van der Waals surface area contributed by atoms with Gasteiger partial charge in [-0.3, -0.25) is 19.5 Å². The summed E-state index contributed by atoms with van der Waals surface area (Å²) in [5.74, 6) is -0.136. The molecule has 3 aromatic carbocycles. The van der Waals surface area contributed by atoms with Crippen molar-refractivity contribution in [1.82, 2.24) is 4.57 Å². The van der Waals surface area contributed by atoms with E-state index < -0.39 is 16.9 Å². The van der Waals surface area contributed by atoms with Crippen molar-refractivity contribution >= 4 is 34.8 Å². The Bertz CT molecular complexity index is 1870. The fourth-order valence-corrected chi connectivity index (χ4v) is 5.91. The minimum Gasteiger partial charge on any atom is -0.490 e. The molecule has 2 heterocycles. The van der Waals surface area contributed by atoms with E-state index in [1.165, 1.54) is 23.8 Å². The molecule has 1 aliphatic heterocycles. The maximum atomic E-state index is 14.0. The molecule has 0 aliphatic carbocycles. The lowest BCUT2D eigenvalue weighted by molar-refractivity contribution is -0.385. The first kappa shape index (κ1) is 28.7. The molecule has 4 aromatic rings. The van der Waals surface area contributed by atoms with E-state index in [9.17, 15) is 19.7 Å². The smallest absolute Gasteiger partial charge is 0.338 e. The third kappa shape index (κ3) is 5.40. The molecule has 0 saturated carbocycles. The Kier molecular flexibility index (Phi) is 8.17. The molecule has 42 heavy (non-hydrogen) atoms. The topological polar surface area (TPSA) is 113 Å². The quantitative estimate of drug-likeness (QED) is 0.164. The van der Waals surface area contributed by atoms with E-state index >= 15 is 0 Å². The number of carbonyl (C=O) groups excluding carboxylic acids is 1. The monoisotopic (exact) mass is 583 g/mol. The van der Waals surface area contributed by atoms with Crippen molar-refractivity contribution in [2.75, 3.05) is 13.7 Å². The third-order valence-electron chi connectivity index (χ3n) is 6.99. The molecule has 5 rings (SSSR count). The molecule has 0 bridgehead atoms. The lowest BCUT2D eigenvalue weighted by Crippen LogP contribution is -2.40. The van der Waals surface area contributed by atoms with Gasteiger partial charge in [-0.25, -0.2) is 9.79 Å². The summed E-state index contributed by atoms with van der Waals surface area (Å²) in [4.78, 5) is 43.9. The number of carbonyl (C=O) groups is 1. The zero-order valence-electron chi connectivity index (χ0n) is 23.6. The van der Waals surface area contributed by atoms with Crippen LogP contribution in [-0.2, 0) is 9.53 Å². The second-order valence-electron chi connectivity index (χ2n) is 9.94. The number of ether oxygens (including phenoxy) is 2.